The lowest BCUT2D eigenvalue weighted by molar-refractivity contribution is -0.116. The van der Waals surface area contributed by atoms with Gasteiger partial charge in [-0.3, -0.25) is 4.79 Å². The zero-order chi connectivity index (χ0) is 7.98. The number of hydrogen-bond donors (Lipinski definition) is 1. The van der Waals surface area contributed by atoms with Crippen molar-refractivity contribution in [2.45, 2.75) is 19.8 Å². The zero-order valence-corrected chi connectivity index (χ0v) is 8.44. The van der Waals surface area contributed by atoms with Crippen LogP contribution in [-0.2, 0) is 4.79 Å². The third-order valence-electron chi connectivity index (χ3n) is 1.02. The minimum atomic E-state index is -0.0159. The second kappa shape index (κ2) is 5.70. The van der Waals surface area contributed by atoms with E-state index in [0.29, 0.717) is 0 Å². The van der Waals surface area contributed by atoms with Crippen LogP contribution in [0, 0.1) is 0 Å². The number of nitrogens with one attached hydrogen (secondary N) is 1. The van der Waals surface area contributed by atoms with Crippen LogP contribution in [0.25, 0.3) is 0 Å². The number of allylic oxidation sites excluding steroid dienone is 1. The van der Waals surface area contributed by atoms with Crippen molar-refractivity contribution in [1.29, 1.82) is 0 Å². The normalized spacial score (nSPS) is 11.3. The largest absolute Gasteiger partial charge is 0.356 e. The number of halogens is 1. The second-order valence-electron chi connectivity index (χ2n) is 1.96. The molecular formula is C7H12INO. The van der Waals surface area contributed by atoms with E-state index in [1.165, 1.54) is 0 Å². The molecule has 0 radical (unpaired) electrons. The maximum absolute atomic E-state index is 10.7. The fourth-order valence-corrected chi connectivity index (χ4v) is 1.35. The highest BCUT2D eigenvalue weighted by Gasteiger charge is 1.93. The van der Waals surface area contributed by atoms with Crippen LogP contribution in [0.15, 0.2) is 9.66 Å². The summed E-state index contributed by atoms with van der Waals surface area (Å²) in [5, 5.41) is 2.53. The van der Waals surface area contributed by atoms with Crippen LogP contribution in [0.3, 0.4) is 0 Å². The predicted octanol–water partition coefficient (Wildman–Crippen LogP) is 1.85. The van der Waals surface area contributed by atoms with Gasteiger partial charge in [-0.15, -0.1) is 0 Å². The molecule has 2 nitrogen and oxygen atoms in total. The Kier molecular flexibility index (Phi) is 5.67. The SMILES string of the molecule is CCC/C(I)=C/C(=O)NC. The molecule has 10 heavy (non-hydrogen) atoms. The van der Waals surface area contributed by atoms with E-state index < -0.39 is 0 Å². The van der Waals surface area contributed by atoms with E-state index in [2.05, 4.69) is 34.8 Å². The number of likely N-dealkylation sites (N-methyl/N-ethyl adjacent to an activating group) is 1. The van der Waals surface area contributed by atoms with Crippen molar-refractivity contribution < 1.29 is 4.79 Å². The molecule has 3 heteroatoms. The van der Waals surface area contributed by atoms with Crippen molar-refractivity contribution in [1.82, 2.24) is 5.32 Å². The Morgan fingerprint density at radius 1 is 1.70 bits per heavy atom. The van der Waals surface area contributed by atoms with Gasteiger partial charge in [-0.1, -0.05) is 13.3 Å². The van der Waals surface area contributed by atoms with Gasteiger partial charge < -0.3 is 5.32 Å². The fraction of sp³-hybridized carbons (Fsp3) is 0.571. The van der Waals surface area contributed by atoms with Crippen molar-refractivity contribution in [3.63, 3.8) is 0 Å². The molecule has 0 aromatic carbocycles. The second-order valence-corrected chi connectivity index (χ2v) is 3.34. The average Bonchev–Trinajstić information content (AvgIpc) is 1.88. The molecule has 0 aromatic heterocycles. The van der Waals surface area contributed by atoms with Gasteiger partial charge in [0.05, 0.1) is 0 Å². The monoisotopic (exact) mass is 253 g/mol. The summed E-state index contributed by atoms with van der Waals surface area (Å²) in [6, 6.07) is 0. The summed E-state index contributed by atoms with van der Waals surface area (Å²) in [5.41, 5.74) is 0. The van der Waals surface area contributed by atoms with Crippen LogP contribution in [0.1, 0.15) is 19.8 Å². The standard InChI is InChI=1S/C7H12INO/c1-3-4-6(8)5-7(10)9-2/h5H,3-4H2,1-2H3,(H,9,10)/b6-5-. The molecule has 0 saturated carbocycles. The highest BCUT2D eigenvalue weighted by Crippen LogP contribution is 2.12. The number of amides is 1. The van der Waals surface area contributed by atoms with Crippen LogP contribution in [0.2, 0.25) is 0 Å². The van der Waals surface area contributed by atoms with Crippen molar-refractivity contribution in [2.75, 3.05) is 7.05 Å². The Morgan fingerprint density at radius 2 is 2.30 bits per heavy atom. The molecule has 0 unspecified atom stereocenters. The molecule has 1 amide bonds. The third kappa shape index (κ3) is 4.78. The third-order valence-corrected chi connectivity index (χ3v) is 1.87. The first-order valence-electron chi connectivity index (χ1n) is 3.28. The molecule has 0 aliphatic rings. The number of carbonyl (C=O) groups excluding carboxylic acids is 1. The summed E-state index contributed by atoms with van der Waals surface area (Å²) in [6.45, 7) is 2.09. The molecule has 0 heterocycles. The maximum atomic E-state index is 10.7. The van der Waals surface area contributed by atoms with E-state index in [1.807, 2.05) is 0 Å². The van der Waals surface area contributed by atoms with Gasteiger partial charge in [0.25, 0.3) is 0 Å². The highest BCUT2D eigenvalue weighted by molar-refractivity contribution is 14.1. The summed E-state index contributed by atoms with van der Waals surface area (Å²) in [4.78, 5) is 10.7. The lowest BCUT2D eigenvalue weighted by Gasteiger charge is -1.94. The van der Waals surface area contributed by atoms with E-state index in [1.54, 1.807) is 13.1 Å². The molecule has 0 spiro atoms. The number of hydrogen-bond acceptors (Lipinski definition) is 1. The Balaban J connectivity index is 3.77. The van der Waals surface area contributed by atoms with Gasteiger partial charge in [0.1, 0.15) is 0 Å². The molecule has 0 saturated heterocycles. The molecule has 0 fully saturated rings. The van der Waals surface area contributed by atoms with Gasteiger partial charge in [0.15, 0.2) is 0 Å². The summed E-state index contributed by atoms with van der Waals surface area (Å²) in [7, 11) is 1.63. The van der Waals surface area contributed by atoms with E-state index in [4.69, 9.17) is 0 Å². The van der Waals surface area contributed by atoms with Gasteiger partial charge in [-0.05, 0) is 32.6 Å². The molecule has 0 aromatic rings. The Morgan fingerprint density at radius 3 is 2.70 bits per heavy atom. The molecular weight excluding hydrogens is 241 g/mol. The van der Waals surface area contributed by atoms with E-state index in [0.717, 1.165) is 16.4 Å². The van der Waals surface area contributed by atoms with Gasteiger partial charge in [0, 0.05) is 13.1 Å². The Labute approximate surface area is 75.2 Å². The first-order valence-corrected chi connectivity index (χ1v) is 4.36. The Hall–Kier alpha value is -0.0600. The summed E-state index contributed by atoms with van der Waals surface area (Å²) in [5.74, 6) is -0.0159. The van der Waals surface area contributed by atoms with E-state index in [-0.39, 0.29) is 5.91 Å². The van der Waals surface area contributed by atoms with E-state index in [9.17, 15) is 4.79 Å². The first kappa shape index (κ1) is 9.94. The van der Waals surface area contributed by atoms with Crippen LogP contribution in [0.5, 0.6) is 0 Å². The van der Waals surface area contributed by atoms with Crippen molar-refractivity contribution >= 4 is 28.5 Å². The molecule has 0 bridgehead atoms. The Bertz CT molecular complexity index is 143. The van der Waals surface area contributed by atoms with Gasteiger partial charge in [-0.2, -0.15) is 0 Å². The lowest BCUT2D eigenvalue weighted by atomic mass is 10.3. The quantitative estimate of drug-likeness (QED) is 0.603. The van der Waals surface area contributed by atoms with Gasteiger partial charge in [-0.25, -0.2) is 0 Å². The van der Waals surface area contributed by atoms with Crippen molar-refractivity contribution in [3.8, 4) is 0 Å². The topological polar surface area (TPSA) is 29.1 Å². The number of rotatable bonds is 3. The smallest absolute Gasteiger partial charge is 0.244 e. The summed E-state index contributed by atoms with van der Waals surface area (Å²) in [6.07, 6.45) is 3.71. The molecule has 58 valence electrons. The van der Waals surface area contributed by atoms with Crippen LogP contribution in [-0.4, -0.2) is 13.0 Å². The minimum Gasteiger partial charge on any atom is -0.356 e. The molecule has 0 aliphatic heterocycles. The first-order chi connectivity index (χ1) is 4.70. The highest BCUT2D eigenvalue weighted by atomic mass is 127. The molecule has 0 rings (SSSR count). The number of carbonyl (C=O) groups is 1. The van der Waals surface area contributed by atoms with Crippen LogP contribution >= 0.6 is 22.6 Å². The van der Waals surface area contributed by atoms with Gasteiger partial charge in [0.2, 0.25) is 5.91 Å². The zero-order valence-electron chi connectivity index (χ0n) is 6.28. The molecule has 0 aliphatic carbocycles. The van der Waals surface area contributed by atoms with Crippen molar-refractivity contribution in [2.24, 2.45) is 0 Å². The van der Waals surface area contributed by atoms with E-state index >= 15 is 0 Å². The van der Waals surface area contributed by atoms with Crippen molar-refractivity contribution in [3.05, 3.63) is 9.66 Å². The van der Waals surface area contributed by atoms with Gasteiger partial charge >= 0.3 is 0 Å². The molecule has 0 atom stereocenters. The molecule has 1 N–H and O–H groups in total. The van der Waals surface area contributed by atoms with Crippen LogP contribution in [0.4, 0.5) is 0 Å². The minimum absolute atomic E-state index is 0.0159. The van der Waals surface area contributed by atoms with Crippen LogP contribution < -0.4 is 5.32 Å². The lowest BCUT2D eigenvalue weighted by Crippen LogP contribution is -2.14. The average molecular weight is 253 g/mol. The fourth-order valence-electron chi connectivity index (χ4n) is 0.525. The summed E-state index contributed by atoms with van der Waals surface area (Å²) < 4.78 is 1.11. The predicted molar refractivity (Wildman–Crippen MR) is 51.1 cm³/mol. The maximum Gasteiger partial charge on any atom is 0.244 e. The summed E-state index contributed by atoms with van der Waals surface area (Å²) >= 11 is 2.18.